The van der Waals surface area contributed by atoms with Gasteiger partial charge in [0.25, 0.3) is 0 Å². The van der Waals surface area contributed by atoms with Gasteiger partial charge in [-0.15, -0.1) is 0 Å². The van der Waals surface area contributed by atoms with E-state index < -0.39 is 0 Å². The van der Waals surface area contributed by atoms with Crippen LogP contribution in [0.25, 0.3) is 0 Å². The van der Waals surface area contributed by atoms with Gasteiger partial charge in [0, 0.05) is 16.2 Å². The van der Waals surface area contributed by atoms with Gasteiger partial charge in [0.1, 0.15) is 17.7 Å². The van der Waals surface area contributed by atoms with E-state index >= 15 is 0 Å². The molecule has 0 spiro atoms. The van der Waals surface area contributed by atoms with Crippen molar-refractivity contribution in [2.24, 2.45) is 0 Å². The lowest BCUT2D eigenvalue weighted by atomic mass is 10.3. The molecule has 0 aliphatic carbocycles. The Hall–Kier alpha value is -1.55. The summed E-state index contributed by atoms with van der Waals surface area (Å²) in [5, 5.41) is 3.26. The first-order chi connectivity index (χ1) is 9.13. The van der Waals surface area contributed by atoms with Crippen LogP contribution in [0.3, 0.4) is 0 Å². The van der Waals surface area contributed by atoms with Gasteiger partial charge in [-0.1, -0.05) is 34.1 Å². The molecule has 0 heterocycles. The van der Waals surface area contributed by atoms with Crippen LogP contribution in [-0.2, 0) is 0 Å². The van der Waals surface area contributed by atoms with Crippen LogP contribution in [-0.4, -0.2) is 12.6 Å². The lowest BCUT2D eigenvalue weighted by Crippen LogP contribution is -2.22. The van der Waals surface area contributed by atoms with E-state index in [2.05, 4.69) is 21.2 Å². The molecule has 1 N–H and O–H groups in total. The molecule has 0 radical (unpaired) electrons. The molecular weight excluding hydrogens is 309 g/mol. The molecule has 2 rings (SSSR count). The number of ether oxygens (including phenoxy) is 1. The average Bonchev–Trinajstić information content (AvgIpc) is 2.36. The molecular formula is C15H15BrFNO. The maximum atomic E-state index is 13.2. The van der Waals surface area contributed by atoms with Gasteiger partial charge in [0.15, 0.2) is 0 Å². The van der Waals surface area contributed by atoms with Crippen LogP contribution in [0, 0.1) is 5.82 Å². The molecule has 2 aromatic carbocycles. The van der Waals surface area contributed by atoms with E-state index in [1.165, 1.54) is 12.1 Å². The highest BCUT2D eigenvalue weighted by atomic mass is 79.9. The molecule has 0 amide bonds. The third kappa shape index (κ3) is 4.56. The van der Waals surface area contributed by atoms with Crippen molar-refractivity contribution in [1.29, 1.82) is 0 Å². The Morgan fingerprint density at radius 1 is 1.21 bits per heavy atom. The van der Waals surface area contributed by atoms with Gasteiger partial charge in [-0.3, -0.25) is 0 Å². The van der Waals surface area contributed by atoms with Crippen LogP contribution in [0.4, 0.5) is 10.1 Å². The second kappa shape index (κ2) is 6.57. The molecule has 0 saturated heterocycles. The highest BCUT2D eigenvalue weighted by molar-refractivity contribution is 9.10. The first-order valence-corrected chi connectivity index (χ1v) is 6.84. The summed E-state index contributed by atoms with van der Waals surface area (Å²) in [5.41, 5.74) is 1.04. The zero-order valence-electron chi connectivity index (χ0n) is 10.6. The highest BCUT2D eigenvalue weighted by Crippen LogP contribution is 2.21. The largest absolute Gasteiger partial charge is 0.489 e. The maximum Gasteiger partial charge on any atom is 0.128 e. The molecule has 19 heavy (non-hydrogen) atoms. The van der Waals surface area contributed by atoms with Crippen molar-refractivity contribution < 1.29 is 9.13 Å². The van der Waals surface area contributed by atoms with Gasteiger partial charge >= 0.3 is 0 Å². The predicted octanol–water partition coefficient (Wildman–Crippen LogP) is 4.47. The highest BCUT2D eigenvalue weighted by Gasteiger charge is 2.06. The zero-order chi connectivity index (χ0) is 13.7. The van der Waals surface area contributed by atoms with Crippen molar-refractivity contribution in [1.82, 2.24) is 0 Å². The van der Waals surface area contributed by atoms with Crippen LogP contribution >= 0.6 is 15.9 Å². The molecule has 0 fully saturated rings. The Labute approximate surface area is 120 Å². The van der Waals surface area contributed by atoms with E-state index in [4.69, 9.17) is 4.74 Å². The van der Waals surface area contributed by atoms with Crippen LogP contribution in [0.1, 0.15) is 6.92 Å². The molecule has 1 unspecified atom stereocenters. The fourth-order valence-electron chi connectivity index (χ4n) is 1.69. The number of nitrogens with one attached hydrogen (secondary N) is 1. The smallest absolute Gasteiger partial charge is 0.128 e. The van der Waals surface area contributed by atoms with Gasteiger partial charge in [0.05, 0.1) is 6.54 Å². The number of anilines is 1. The summed E-state index contributed by atoms with van der Waals surface area (Å²) in [5.74, 6) is 0.210. The van der Waals surface area contributed by atoms with Crippen molar-refractivity contribution in [3.05, 3.63) is 58.8 Å². The van der Waals surface area contributed by atoms with Crippen LogP contribution in [0.15, 0.2) is 53.0 Å². The van der Waals surface area contributed by atoms with Gasteiger partial charge in [-0.25, -0.2) is 4.39 Å². The van der Waals surface area contributed by atoms with Crippen molar-refractivity contribution in [3.63, 3.8) is 0 Å². The Morgan fingerprint density at radius 2 is 1.95 bits per heavy atom. The third-order valence-electron chi connectivity index (χ3n) is 2.54. The van der Waals surface area contributed by atoms with E-state index in [-0.39, 0.29) is 11.9 Å². The molecule has 1 atom stereocenters. The second-order valence-corrected chi connectivity index (χ2v) is 5.20. The van der Waals surface area contributed by atoms with Gasteiger partial charge in [-0.2, -0.15) is 0 Å². The average molecular weight is 324 g/mol. The number of benzene rings is 2. The van der Waals surface area contributed by atoms with Gasteiger partial charge < -0.3 is 10.1 Å². The van der Waals surface area contributed by atoms with Gasteiger partial charge in [-0.05, 0) is 31.2 Å². The summed E-state index contributed by atoms with van der Waals surface area (Å²) in [6.07, 6.45) is -0.0612. The monoisotopic (exact) mass is 323 g/mol. The predicted molar refractivity (Wildman–Crippen MR) is 79.1 cm³/mol. The molecule has 0 bridgehead atoms. The van der Waals surface area contributed by atoms with Crippen molar-refractivity contribution in [3.8, 4) is 5.75 Å². The summed E-state index contributed by atoms with van der Waals surface area (Å²) < 4.78 is 19.5. The van der Waals surface area contributed by atoms with Crippen molar-refractivity contribution in [2.45, 2.75) is 13.0 Å². The fourth-order valence-corrected chi connectivity index (χ4v) is 2.13. The fraction of sp³-hybridized carbons (Fsp3) is 0.200. The van der Waals surface area contributed by atoms with Crippen molar-refractivity contribution in [2.75, 3.05) is 11.9 Å². The standard InChI is InChI=1S/C15H15BrFNO/c1-11(10-18-14-5-3-2-4-6-14)19-15-8-12(16)7-13(17)9-15/h2-9,11,18H,10H2,1H3. The molecule has 0 aliphatic rings. The Kier molecular flexibility index (Phi) is 4.80. The van der Waals surface area contributed by atoms with E-state index in [0.29, 0.717) is 16.8 Å². The molecule has 4 heteroatoms. The van der Waals surface area contributed by atoms with Crippen LogP contribution in [0.2, 0.25) is 0 Å². The zero-order valence-corrected chi connectivity index (χ0v) is 12.2. The Morgan fingerprint density at radius 3 is 2.63 bits per heavy atom. The summed E-state index contributed by atoms with van der Waals surface area (Å²) >= 11 is 3.24. The first-order valence-electron chi connectivity index (χ1n) is 6.05. The minimum absolute atomic E-state index is 0.0612. The first kappa shape index (κ1) is 13.9. The summed E-state index contributed by atoms with van der Waals surface area (Å²) in [6.45, 7) is 2.59. The molecule has 100 valence electrons. The second-order valence-electron chi connectivity index (χ2n) is 4.28. The third-order valence-corrected chi connectivity index (χ3v) is 3.00. The Balaban J connectivity index is 1.89. The number of para-hydroxylation sites is 1. The quantitative estimate of drug-likeness (QED) is 0.876. The van der Waals surface area contributed by atoms with Crippen molar-refractivity contribution >= 4 is 21.6 Å². The molecule has 0 saturated carbocycles. The van der Waals surface area contributed by atoms with E-state index in [1.807, 2.05) is 37.3 Å². The molecule has 0 aromatic heterocycles. The summed E-state index contributed by atoms with van der Waals surface area (Å²) in [6, 6.07) is 14.4. The topological polar surface area (TPSA) is 21.3 Å². The van der Waals surface area contributed by atoms with E-state index in [1.54, 1.807) is 6.07 Å². The number of hydrogen-bond donors (Lipinski definition) is 1. The van der Waals surface area contributed by atoms with Crippen LogP contribution < -0.4 is 10.1 Å². The minimum Gasteiger partial charge on any atom is -0.489 e. The summed E-state index contributed by atoms with van der Waals surface area (Å²) in [4.78, 5) is 0. The van der Waals surface area contributed by atoms with Crippen LogP contribution in [0.5, 0.6) is 5.75 Å². The lowest BCUT2D eigenvalue weighted by Gasteiger charge is -2.16. The molecule has 2 aromatic rings. The van der Waals surface area contributed by atoms with Gasteiger partial charge in [0.2, 0.25) is 0 Å². The Bertz CT molecular complexity index is 513. The number of hydrogen-bond acceptors (Lipinski definition) is 2. The van der Waals surface area contributed by atoms with E-state index in [9.17, 15) is 4.39 Å². The normalized spacial score (nSPS) is 11.9. The lowest BCUT2D eigenvalue weighted by molar-refractivity contribution is 0.233. The SMILES string of the molecule is CC(CNc1ccccc1)Oc1cc(F)cc(Br)c1. The minimum atomic E-state index is -0.312. The summed E-state index contributed by atoms with van der Waals surface area (Å²) in [7, 11) is 0. The molecule has 2 nitrogen and oxygen atoms in total. The maximum absolute atomic E-state index is 13.2. The number of rotatable bonds is 5. The van der Waals surface area contributed by atoms with E-state index in [0.717, 1.165) is 5.69 Å². The molecule has 0 aliphatic heterocycles. The number of halogens is 2.